The Bertz CT molecular complexity index is 306. The third-order valence-corrected chi connectivity index (χ3v) is 3.49. The molecule has 2 amide bonds. The minimum Gasteiger partial charge on any atom is -0.344 e. The Morgan fingerprint density at radius 1 is 1.19 bits per heavy atom. The molecule has 2 aliphatic rings. The zero-order valence-corrected chi connectivity index (χ0v) is 9.90. The lowest BCUT2D eigenvalue weighted by atomic mass is 10.0. The molecule has 5 nitrogen and oxygen atoms in total. The summed E-state index contributed by atoms with van der Waals surface area (Å²) in [5.74, 6) is 0.382. The average molecular weight is 225 g/mol. The molecular weight excluding hydrogens is 206 g/mol. The SMILES string of the molecule is CN1CC(NC2CCN(C)C2=O)CCC1=O. The summed E-state index contributed by atoms with van der Waals surface area (Å²) in [6.07, 6.45) is 2.31. The van der Waals surface area contributed by atoms with Crippen LogP contribution in [-0.4, -0.2) is 60.9 Å². The number of rotatable bonds is 2. The lowest BCUT2D eigenvalue weighted by Crippen LogP contribution is -2.51. The third kappa shape index (κ3) is 2.19. The van der Waals surface area contributed by atoms with E-state index in [1.807, 2.05) is 14.1 Å². The van der Waals surface area contributed by atoms with Crippen LogP contribution in [0.5, 0.6) is 0 Å². The number of nitrogens with one attached hydrogen (secondary N) is 1. The monoisotopic (exact) mass is 225 g/mol. The van der Waals surface area contributed by atoms with Crippen LogP contribution in [0.2, 0.25) is 0 Å². The Labute approximate surface area is 95.8 Å². The van der Waals surface area contributed by atoms with Crippen LogP contribution in [0.15, 0.2) is 0 Å². The molecular formula is C11H19N3O2. The third-order valence-electron chi connectivity index (χ3n) is 3.49. The number of nitrogens with zero attached hydrogens (tertiary/aromatic N) is 2. The van der Waals surface area contributed by atoms with Crippen LogP contribution in [0.3, 0.4) is 0 Å². The second kappa shape index (κ2) is 4.41. The van der Waals surface area contributed by atoms with Gasteiger partial charge in [0.15, 0.2) is 0 Å². The van der Waals surface area contributed by atoms with Crippen molar-refractivity contribution in [1.82, 2.24) is 15.1 Å². The topological polar surface area (TPSA) is 52.6 Å². The van der Waals surface area contributed by atoms with Gasteiger partial charge in [-0.05, 0) is 12.8 Å². The molecule has 0 saturated carbocycles. The maximum absolute atomic E-state index is 11.7. The van der Waals surface area contributed by atoms with Crippen LogP contribution in [0.25, 0.3) is 0 Å². The molecule has 16 heavy (non-hydrogen) atoms. The van der Waals surface area contributed by atoms with Crippen LogP contribution in [-0.2, 0) is 9.59 Å². The van der Waals surface area contributed by atoms with E-state index in [0.29, 0.717) is 13.0 Å². The van der Waals surface area contributed by atoms with Gasteiger partial charge >= 0.3 is 0 Å². The van der Waals surface area contributed by atoms with Crippen molar-refractivity contribution in [1.29, 1.82) is 0 Å². The second-order valence-corrected chi connectivity index (χ2v) is 4.78. The van der Waals surface area contributed by atoms with E-state index >= 15 is 0 Å². The molecule has 2 atom stereocenters. The van der Waals surface area contributed by atoms with Crippen LogP contribution in [0, 0.1) is 0 Å². The molecule has 2 saturated heterocycles. The van der Waals surface area contributed by atoms with Gasteiger partial charge in [-0.25, -0.2) is 0 Å². The van der Waals surface area contributed by atoms with E-state index in [9.17, 15) is 9.59 Å². The zero-order chi connectivity index (χ0) is 11.7. The van der Waals surface area contributed by atoms with E-state index in [1.54, 1.807) is 9.80 Å². The molecule has 0 spiro atoms. The maximum Gasteiger partial charge on any atom is 0.239 e. The lowest BCUT2D eigenvalue weighted by molar-refractivity contribution is -0.132. The number of carbonyl (C=O) groups is 2. The normalized spacial score (nSPS) is 31.4. The van der Waals surface area contributed by atoms with Gasteiger partial charge < -0.3 is 15.1 Å². The van der Waals surface area contributed by atoms with Gasteiger partial charge in [0.05, 0.1) is 6.04 Å². The molecule has 2 heterocycles. The number of carbonyl (C=O) groups excluding carboxylic acids is 2. The fraction of sp³-hybridized carbons (Fsp3) is 0.818. The molecule has 2 unspecified atom stereocenters. The zero-order valence-electron chi connectivity index (χ0n) is 9.90. The highest BCUT2D eigenvalue weighted by molar-refractivity contribution is 5.83. The quantitative estimate of drug-likeness (QED) is 0.684. The Balaban J connectivity index is 1.86. The number of likely N-dealkylation sites (tertiary alicyclic amines) is 2. The van der Waals surface area contributed by atoms with Crippen LogP contribution < -0.4 is 5.32 Å². The van der Waals surface area contributed by atoms with Crippen molar-refractivity contribution in [2.24, 2.45) is 0 Å². The van der Waals surface area contributed by atoms with E-state index in [-0.39, 0.29) is 23.9 Å². The van der Waals surface area contributed by atoms with Crippen LogP contribution >= 0.6 is 0 Å². The first kappa shape index (κ1) is 11.4. The fourth-order valence-electron chi connectivity index (χ4n) is 2.41. The van der Waals surface area contributed by atoms with E-state index < -0.39 is 0 Å². The predicted octanol–water partition coefficient (Wildman–Crippen LogP) is -0.572. The highest BCUT2D eigenvalue weighted by Crippen LogP contribution is 2.14. The van der Waals surface area contributed by atoms with E-state index in [2.05, 4.69) is 5.32 Å². The minimum atomic E-state index is -0.0448. The fourth-order valence-corrected chi connectivity index (χ4v) is 2.41. The lowest BCUT2D eigenvalue weighted by Gasteiger charge is -2.31. The first-order chi connectivity index (χ1) is 7.58. The number of likely N-dealkylation sites (N-methyl/N-ethyl adjacent to an activating group) is 2. The molecule has 0 aromatic carbocycles. The highest BCUT2D eigenvalue weighted by Gasteiger charge is 2.32. The summed E-state index contributed by atoms with van der Waals surface area (Å²) in [5, 5.41) is 3.36. The van der Waals surface area contributed by atoms with Gasteiger partial charge in [-0.2, -0.15) is 0 Å². The first-order valence-corrected chi connectivity index (χ1v) is 5.83. The van der Waals surface area contributed by atoms with Gasteiger partial charge in [0.1, 0.15) is 0 Å². The average Bonchev–Trinajstić information content (AvgIpc) is 2.55. The van der Waals surface area contributed by atoms with Crippen molar-refractivity contribution in [3.63, 3.8) is 0 Å². The van der Waals surface area contributed by atoms with Gasteiger partial charge in [0.2, 0.25) is 11.8 Å². The molecule has 90 valence electrons. The van der Waals surface area contributed by atoms with Crippen LogP contribution in [0.1, 0.15) is 19.3 Å². The summed E-state index contributed by atoms with van der Waals surface area (Å²) >= 11 is 0. The maximum atomic E-state index is 11.7. The first-order valence-electron chi connectivity index (χ1n) is 5.83. The molecule has 2 aliphatic heterocycles. The van der Waals surface area contributed by atoms with Crippen molar-refractivity contribution in [3.05, 3.63) is 0 Å². The molecule has 1 N–H and O–H groups in total. The Hall–Kier alpha value is -1.10. The molecule has 2 fully saturated rings. The number of piperidine rings is 1. The van der Waals surface area contributed by atoms with Gasteiger partial charge in [0.25, 0.3) is 0 Å². The van der Waals surface area contributed by atoms with Gasteiger partial charge in [-0.1, -0.05) is 0 Å². The second-order valence-electron chi connectivity index (χ2n) is 4.78. The summed E-state index contributed by atoms with van der Waals surface area (Å²) in [7, 11) is 3.65. The van der Waals surface area contributed by atoms with Crippen molar-refractivity contribution in [3.8, 4) is 0 Å². The predicted molar refractivity (Wildman–Crippen MR) is 59.8 cm³/mol. The number of hydrogen-bond donors (Lipinski definition) is 1. The molecule has 0 aromatic rings. The molecule has 2 rings (SSSR count). The van der Waals surface area contributed by atoms with E-state index in [1.165, 1.54) is 0 Å². The minimum absolute atomic E-state index is 0.0448. The summed E-state index contributed by atoms with van der Waals surface area (Å²) < 4.78 is 0. The van der Waals surface area contributed by atoms with Crippen LogP contribution in [0.4, 0.5) is 0 Å². The molecule has 0 aliphatic carbocycles. The Morgan fingerprint density at radius 2 is 1.94 bits per heavy atom. The van der Waals surface area contributed by atoms with Gasteiger partial charge in [-0.3, -0.25) is 9.59 Å². The summed E-state index contributed by atoms with van der Waals surface area (Å²) in [6, 6.07) is 0.222. The number of hydrogen-bond acceptors (Lipinski definition) is 3. The molecule has 0 bridgehead atoms. The van der Waals surface area contributed by atoms with E-state index in [4.69, 9.17) is 0 Å². The van der Waals surface area contributed by atoms with Crippen molar-refractivity contribution < 1.29 is 9.59 Å². The molecule has 0 aromatic heterocycles. The van der Waals surface area contributed by atoms with Gasteiger partial charge in [0, 0.05) is 39.6 Å². The highest BCUT2D eigenvalue weighted by atomic mass is 16.2. The summed E-state index contributed by atoms with van der Waals surface area (Å²) in [6.45, 7) is 1.55. The Kier molecular flexibility index (Phi) is 3.14. The smallest absolute Gasteiger partial charge is 0.239 e. The molecule has 5 heteroatoms. The van der Waals surface area contributed by atoms with Crippen molar-refractivity contribution in [2.75, 3.05) is 27.2 Å². The van der Waals surface area contributed by atoms with Gasteiger partial charge in [-0.15, -0.1) is 0 Å². The number of amides is 2. The Morgan fingerprint density at radius 3 is 2.50 bits per heavy atom. The standard InChI is InChI=1S/C11H19N3O2/c1-13-6-5-9(11(13)16)12-8-3-4-10(15)14(2)7-8/h8-9,12H,3-7H2,1-2H3. The molecule has 0 radical (unpaired) electrons. The largest absolute Gasteiger partial charge is 0.344 e. The summed E-state index contributed by atoms with van der Waals surface area (Å²) in [5.41, 5.74) is 0. The summed E-state index contributed by atoms with van der Waals surface area (Å²) in [4.78, 5) is 26.5. The van der Waals surface area contributed by atoms with Crippen molar-refractivity contribution >= 4 is 11.8 Å². The van der Waals surface area contributed by atoms with E-state index in [0.717, 1.165) is 19.4 Å². The van der Waals surface area contributed by atoms with Crippen molar-refractivity contribution in [2.45, 2.75) is 31.3 Å².